The molecule has 0 saturated carbocycles. The fraction of sp³-hybridized carbons (Fsp3) is 0.286. The first-order chi connectivity index (χ1) is 33.4. The normalized spacial score (nSPS) is 11.9. The summed E-state index contributed by atoms with van der Waals surface area (Å²) in [5.41, 5.74) is 18.3. The van der Waals surface area contributed by atoms with Gasteiger partial charge < -0.3 is 4.57 Å². The van der Waals surface area contributed by atoms with E-state index >= 15 is 0 Å². The van der Waals surface area contributed by atoms with E-state index in [0.29, 0.717) is 0 Å². The van der Waals surface area contributed by atoms with Crippen LogP contribution < -0.4 is 0 Å². The average Bonchev–Trinajstić information content (AvgIpc) is 3.61. The van der Waals surface area contributed by atoms with E-state index in [2.05, 4.69) is 304 Å². The lowest BCUT2D eigenvalue weighted by Gasteiger charge is -2.25. The Kier molecular flexibility index (Phi) is 15.4. The summed E-state index contributed by atoms with van der Waals surface area (Å²) in [4.78, 5) is 0. The number of aryl methyl sites for hydroxylation is 4. The van der Waals surface area contributed by atoms with Crippen molar-refractivity contribution in [1.29, 1.82) is 0 Å². The van der Waals surface area contributed by atoms with E-state index in [-0.39, 0.29) is 21.7 Å². The van der Waals surface area contributed by atoms with E-state index in [9.17, 15) is 0 Å². The van der Waals surface area contributed by atoms with Crippen LogP contribution in [0.4, 0.5) is 0 Å². The molecule has 0 aliphatic carbocycles. The highest BCUT2D eigenvalue weighted by molar-refractivity contribution is 6.08. The highest BCUT2D eigenvalue weighted by Gasteiger charge is 2.21. The van der Waals surface area contributed by atoms with Gasteiger partial charge in [-0.25, -0.2) is 0 Å². The maximum absolute atomic E-state index is 2.38. The summed E-state index contributed by atoms with van der Waals surface area (Å²) in [7, 11) is 2.16. The van der Waals surface area contributed by atoms with Crippen LogP contribution in [-0.4, -0.2) is 4.57 Å². The minimum Gasteiger partial charge on any atom is -0.344 e. The van der Waals surface area contributed by atoms with Gasteiger partial charge in [0, 0.05) is 28.9 Å². The minimum absolute atomic E-state index is 0.179. The van der Waals surface area contributed by atoms with Crippen LogP contribution in [0.3, 0.4) is 0 Å². The lowest BCUT2D eigenvalue weighted by atomic mass is 9.80. The third-order valence-electron chi connectivity index (χ3n) is 13.9. The van der Waals surface area contributed by atoms with Gasteiger partial charge in [-0.3, -0.25) is 0 Å². The molecule has 0 unspecified atom stereocenters. The fourth-order valence-electron chi connectivity index (χ4n) is 9.42. The molecular weight excluding hydrogens is 855 g/mol. The SMILES string of the molecule is Cc1c2ccccc2cc2ccccc12.Cc1cc(-c2ccccc2)cc(-c2ccccc2)c1.Cc1cc(C(C)(C)C)cc(C(C)(C)C)c1.Cn1c2ccc(C(C)(C)C)cc2c2cc(C(C)(C)C)ccc21. The quantitative estimate of drug-likeness (QED) is 0.152. The standard InChI is InChI=1S/C21H27N.C19H16.C15H12.C15H24/c1-20(2,3)14-8-10-18-16(12-14)17-13-15(21(4,5)6)9-11-19(17)22(18)7;1-15-12-18(16-8-4-2-5-9-16)14-19(13-15)17-10-6-3-7-11-17;1-11-14-8-4-2-6-12(14)10-13-7-3-5-9-15(11)13;1-11-8-12(14(2,3)4)10-13(9-11)15(5,6)7/h8-13H,1-7H3;2-14H,1H3;2-10H,1H3;8-10H,1-7H3. The molecule has 0 aliphatic heterocycles. The van der Waals surface area contributed by atoms with Gasteiger partial charge in [-0.1, -0.05) is 240 Å². The molecule has 1 aromatic heterocycles. The summed E-state index contributed by atoms with van der Waals surface area (Å²) in [5, 5.41) is 8.11. The van der Waals surface area contributed by atoms with Crippen molar-refractivity contribution >= 4 is 43.4 Å². The van der Waals surface area contributed by atoms with E-state index in [1.54, 1.807) is 0 Å². The predicted molar refractivity (Wildman–Crippen MR) is 315 cm³/mol. The van der Waals surface area contributed by atoms with Crippen LogP contribution >= 0.6 is 0 Å². The Hall–Kier alpha value is -6.70. The van der Waals surface area contributed by atoms with E-state index in [1.807, 2.05) is 0 Å². The highest BCUT2D eigenvalue weighted by atomic mass is 14.9. The van der Waals surface area contributed by atoms with Gasteiger partial charge in [0.25, 0.3) is 0 Å². The van der Waals surface area contributed by atoms with Gasteiger partial charge in [0.05, 0.1) is 0 Å². The molecule has 1 nitrogen and oxygen atoms in total. The van der Waals surface area contributed by atoms with E-state index in [0.717, 1.165) is 0 Å². The summed E-state index contributed by atoms with van der Waals surface area (Å²) in [5.74, 6) is 0. The molecule has 364 valence electrons. The van der Waals surface area contributed by atoms with Gasteiger partial charge in [-0.05, 0) is 156 Å². The summed E-state index contributed by atoms with van der Waals surface area (Å²) in [6, 6.07) is 68.0. The zero-order valence-corrected chi connectivity index (χ0v) is 45.8. The van der Waals surface area contributed by atoms with E-state index < -0.39 is 0 Å². The third kappa shape index (κ3) is 12.6. The molecule has 0 N–H and O–H groups in total. The molecular formula is C70H79N. The van der Waals surface area contributed by atoms with Crippen molar-refractivity contribution in [3.8, 4) is 22.3 Å². The topological polar surface area (TPSA) is 4.93 Å². The van der Waals surface area contributed by atoms with Crippen LogP contribution in [0.1, 0.15) is 122 Å². The Labute approximate surface area is 427 Å². The molecule has 0 spiro atoms. The molecule has 0 fully saturated rings. The second-order valence-electron chi connectivity index (χ2n) is 23.9. The second kappa shape index (κ2) is 20.9. The molecule has 0 atom stereocenters. The maximum Gasteiger partial charge on any atom is 0.0488 e. The van der Waals surface area contributed by atoms with E-state index in [1.165, 1.54) is 105 Å². The average molecular weight is 934 g/mol. The molecule has 0 radical (unpaired) electrons. The maximum atomic E-state index is 2.38. The zero-order valence-electron chi connectivity index (χ0n) is 45.8. The highest BCUT2D eigenvalue weighted by Crippen LogP contribution is 2.36. The van der Waals surface area contributed by atoms with Gasteiger partial charge in [-0.15, -0.1) is 0 Å². The smallest absolute Gasteiger partial charge is 0.0488 e. The van der Waals surface area contributed by atoms with Crippen molar-refractivity contribution in [1.82, 2.24) is 4.57 Å². The largest absolute Gasteiger partial charge is 0.344 e. The number of rotatable bonds is 2. The summed E-state index contributed by atoms with van der Waals surface area (Å²) in [6.45, 7) is 33.8. The Morgan fingerprint density at radius 2 is 0.634 bits per heavy atom. The lowest BCUT2D eigenvalue weighted by molar-refractivity contribution is 0.567. The van der Waals surface area contributed by atoms with Gasteiger partial charge in [0.2, 0.25) is 0 Å². The molecule has 0 bridgehead atoms. The summed E-state index contributed by atoms with van der Waals surface area (Å²) < 4.78 is 2.31. The van der Waals surface area contributed by atoms with Crippen LogP contribution in [0, 0.1) is 20.8 Å². The van der Waals surface area contributed by atoms with Crippen LogP contribution in [0.25, 0.3) is 65.6 Å². The van der Waals surface area contributed by atoms with Gasteiger partial charge in [0.1, 0.15) is 0 Å². The Morgan fingerprint density at radius 3 is 1.01 bits per heavy atom. The number of benzene rings is 9. The number of nitrogens with zero attached hydrogens (tertiary/aromatic N) is 1. The van der Waals surface area contributed by atoms with Crippen LogP contribution in [0.2, 0.25) is 0 Å². The first-order valence-electron chi connectivity index (χ1n) is 25.6. The summed E-state index contributed by atoms with van der Waals surface area (Å²) >= 11 is 0. The number of hydrogen-bond donors (Lipinski definition) is 0. The van der Waals surface area contributed by atoms with Gasteiger partial charge in [0.15, 0.2) is 0 Å². The van der Waals surface area contributed by atoms with Crippen LogP contribution in [0.15, 0.2) is 188 Å². The molecule has 71 heavy (non-hydrogen) atoms. The number of aromatic nitrogens is 1. The summed E-state index contributed by atoms with van der Waals surface area (Å²) in [6.07, 6.45) is 0. The molecule has 9 aromatic carbocycles. The fourth-order valence-corrected chi connectivity index (χ4v) is 9.42. The molecule has 10 aromatic rings. The Bertz CT molecular complexity index is 3190. The van der Waals surface area contributed by atoms with E-state index in [4.69, 9.17) is 0 Å². The molecule has 0 aliphatic rings. The molecule has 1 heteroatoms. The predicted octanol–water partition coefficient (Wildman–Crippen LogP) is 20.1. The second-order valence-corrected chi connectivity index (χ2v) is 23.9. The van der Waals surface area contributed by atoms with Crippen molar-refractivity contribution in [2.24, 2.45) is 7.05 Å². The molecule has 1 heterocycles. The Morgan fingerprint density at radius 1 is 0.282 bits per heavy atom. The molecule has 0 saturated heterocycles. The number of fused-ring (bicyclic) bond motifs is 5. The monoisotopic (exact) mass is 934 g/mol. The first kappa shape index (κ1) is 52.1. The third-order valence-corrected chi connectivity index (χ3v) is 13.9. The van der Waals surface area contributed by atoms with Crippen molar-refractivity contribution in [3.63, 3.8) is 0 Å². The number of hydrogen-bond acceptors (Lipinski definition) is 0. The van der Waals surface area contributed by atoms with Crippen LogP contribution in [0.5, 0.6) is 0 Å². The zero-order chi connectivity index (χ0) is 51.5. The minimum atomic E-state index is 0.179. The van der Waals surface area contributed by atoms with Crippen molar-refractivity contribution in [3.05, 3.63) is 227 Å². The lowest BCUT2D eigenvalue weighted by Crippen LogP contribution is -2.16. The molecule has 0 amide bonds. The Balaban J connectivity index is 0.000000141. The van der Waals surface area contributed by atoms with Crippen LogP contribution in [-0.2, 0) is 28.7 Å². The van der Waals surface area contributed by atoms with Crippen molar-refractivity contribution < 1.29 is 0 Å². The van der Waals surface area contributed by atoms with Crippen molar-refractivity contribution in [2.75, 3.05) is 0 Å². The van der Waals surface area contributed by atoms with Crippen molar-refractivity contribution in [2.45, 2.75) is 126 Å². The van der Waals surface area contributed by atoms with Gasteiger partial charge >= 0.3 is 0 Å². The first-order valence-corrected chi connectivity index (χ1v) is 25.6. The molecule has 10 rings (SSSR count). The van der Waals surface area contributed by atoms with Gasteiger partial charge in [-0.2, -0.15) is 0 Å².